The molecule has 0 aliphatic heterocycles. The predicted molar refractivity (Wildman–Crippen MR) is 100.0 cm³/mol. The summed E-state index contributed by atoms with van der Waals surface area (Å²) in [4.78, 5) is 26.8. The van der Waals surface area contributed by atoms with Crippen LogP contribution in [0.5, 0.6) is 0 Å². The van der Waals surface area contributed by atoms with E-state index in [4.69, 9.17) is 0 Å². The summed E-state index contributed by atoms with van der Waals surface area (Å²) in [6.07, 6.45) is 0. The average Bonchev–Trinajstić information content (AvgIpc) is 2.61. The fourth-order valence-corrected chi connectivity index (χ4v) is 2.50. The highest BCUT2D eigenvalue weighted by molar-refractivity contribution is 5.94. The van der Waals surface area contributed by atoms with Gasteiger partial charge in [-0.2, -0.15) is 5.06 Å². The Kier molecular flexibility index (Phi) is 6.49. The second-order valence-corrected chi connectivity index (χ2v) is 6.62. The van der Waals surface area contributed by atoms with Crippen molar-refractivity contribution in [1.29, 1.82) is 0 Å². The van der Waals surface area contributed by atoms with E-state index in [-0.39, 0.29) is 11.8 Å². The van der Waals surface area contributed by atoms with Gasteiger partial charge in [-0.3, -0.25) is 9.59 Å². The van der Waals surface area contributed by atoms with Gasteiger partial charge >= 0.3 is 0 Å². The van der Waals surface area contributed by atoms with E-state index in [1.165, 1.54) is 14.9 Å². The molecule has 2 amide bonds. The molecular weight excluding hydrogens is 330 g/mol. The molecule has 6 nitrogen and oxygen atoms in total. The molecule has 0 aliphatic carbocycles. The molecule has 0 bridgehead atoms. The lowest BCUT2D eigenvalue weighted by Crippen LogP contribution is -2.22. The van der Waals surface area contributed by atoms with Gasteiger partial charge in [-0.05, 0) is 35.4 Å². The van der Waals surface area contributed by atoms with Gasteiger partial charge in [-0.15, -0.1) is 0 Å². The molecule has 0 atom stereocenters. The highest BCUT2D eigenvalue weighted by Gasteiger charge is 2.10. The molecule has 26 heavy (non-hydrogen) atoms. The molecule has 0 aliphatic rings. The summed E-state index contributed by atoms with van der Waals surface area (Å²) in [6, 6.07) is 14.4. The van der Waals surface area contributed by atoms with Crippen molar-refractivity contribution < 1.29 is 14.8 Å². The van der Waals surface area contributed by atoms with Gasteiger partial charge < -0.3 is 15.0 Å². The molecule has 0 spiro atoms. The summed E-state index contributed by atoms with van der Waals surface area (Å²) in [6.45, 7) is 0.684. The topological polar surface area (TPSA) is 64.1 Å². The zero-order valence-electron chi connectivity index (χ0n) is 15.6. The molecule has 0 unspecified atom stereocenters. The first-order valence-electron chi connectivity index (χ1n) is 8.33. The molecule has 0 radical (unpaired) electrons. The SMILES string of the molecule is CN(C)C(=O)c1ccc(CN(O)Cc2ccc(C(=O)N(C)C)cc2)cc1. The lowest BCUT2D eigenvalue weighted by Gasteiger charge is -2.16. The zero-order valence-corrected chi connectivity index (χ0v) is 15.6. The van der Waals surface area contributed by atoms with Crippen molar-refractivity contribution in [2.75, 3.05) is 28.2 Å². The molecular formula is C20H25N3O3. The zero-order chi connectivity index (χ0) is 19.3. The minimum Gasteiger partial charge on any atom is -0.345 e. The summed E-state index contributed by atoms with van der Waals surface area (Å²) >= 11 is 0. The largest absolute Gasteiger partial charge is 0.345 e. The summed E-state index contributed by atoms with van der Waals surface area (Å²) in [5.41, 5.74) is 3.04. The van der Waals surface area contributed by atoms with Crippen molar-refractivity contribution in [3.8, 4) is 0 Å². The van der Waals surface area contributed by atoms with Crippen molar-refractivity contribution in [3.63, 3.8) is 0 Å². The van der Waals surface area contributed by atoms with Crippen LogP contribution in [0.2, 0.25) is 0 Å². The van der Waals surface area contributed by atoms with Crippen LogP contribution in [-0.2, 0) is 13.1 Å². The van der Waals surface area contributed by atoms with Crippen LogP contribution in [0, 0.1) is 0 Å². The fourth-order valence-electron chi connectivity index (χ4n) is 2.50. The molecule has 138 valence electrons. The second-order valence-electron chi connectivity index (χ2n) is 6.62. The van der Waals surface area contributed by atoms with Crippen LogP contribution >= 0.6 is 0 Å². The van der Waals surface area contributed by atoms with E-state index >= 15 is 0 Å². The maximum atomic E-state index is 11.9. The average molecular weight is 355 g/mol. The van der Waals surface area contributed by atoms with Crippen LogP contribution in [-0.4, -0.2) is 60.1 Å². The Bertz CT molecular complexity index is 687. The van der Waals surface area contributed by atoms with Crippen molar-refractivity contribution in [1.82, 2.24) is 14.9 Å². The third kappa shape index (κ3) is 5.15. The third-order valence-electron chi connectivity index (χ3n) is 3.94. The Morgan fingerprint density at radius 2 is 1.00 bits per heavy atom. The van der Waals surface area contributed by atoms with Crippen molar-refractivity contribution >= 4 is 11.8 Å². The van der Waals surface area contributed by atoms with Gasteiger partial charge in [-0.25, -0.2) is 0 Å². The molecule has 0 heterocycles. The van der Waals surface area contributed by atoms with E-state index in [0.717, 1.165) is 11.1 Å². The van der Waals surface area contributed by atoms with Crippen LogP contribution in [0.4, 0.5) is 0 Å². The Morgan fingerprint density at radius 3 is 1.27 bits per heavy atom. The van der Waals surface area contributed by atoms with Gasteiger partial charge in [0.05, 0.1) is 0 Å². The molecule has 0 saturated carbocycles. The van der Waals surface area contributed by atoms with E-state index in [1.807, 2.05) is 24.3 Å². The summed E-state index contributed by atoms with van der Waals surface area (Å²) in [5, 5.41) is 11.4. The van der Waals surface area contributed by atoms with Crippen LogP contribution in [0.25, 0.3) is 0 Å². The van der Waals surface area contributed by atoms with Crippen molar-refractivity contribution in [2.24, 2.45) is 0 Å². The fraction of sp³-hybridized carbons (Fsp3) is 0.300. The molecule has 0 saturated heterocycles. The molecule has 2 rings (SSSR count). The highest BCUT2D eigenvalue weighted by atomic mass is 16.5. The number of rotatable bonds is 6. The third-order valence-corrected chi connectivity index (χ3v) is 3.94. The molecule has 0 fully saturated rings. The standard InChI is InChI=1S/C20H25N3O3/c1-21(2)19(24)17-9-5-15(6-10-17)13-23(26)14-16-7-11-18(12-8-16)20(25)22(3)4/h5-12,26H,13-14H2,1-4H3. The smallest absolute Gasteiger partial charge is 0.253 e. The quantitative estimate of drug-likeness (QED) is 0.809. The predicted octanol–water partition coefficient (Wildman–Crippen LogP) is 2.48. The maximum absolute atomic E-state index is 11.9. The first kappa shape index (κ1) is 19.6. The van der Waals surface area contributed by atoms with E-state index in [1.54, 1.807) is 52.5 Å². The Balaban J connectivity index is 1.95. The molecule has 2 aromatic carbocycles. The summed E-state index contributed by atoms with van der Waals surface area (Å²) in [5.74, 6) is -0.102. The van der Waals surface area contributed by atoms with E-state index in [2.05, 4.69) is 0 Å². The van der Waals surface area contributed by atoms with Crippen molar-refractivity contribution in [2.45, 2.75) is 13.1 Å². The lowest BCUT2D eigenvalue weighted by molar-refractivity contribution is -0.108. The Morgan fingerprint density at radius 1 is 0.692 bits per heavy atom. The first-order chi connectivity index (χ1) is 12.3. The number of amides is 2. The van der Waals surface area contributed by atoms with Gasteiger partial charge in [0.1, 0.15) is 0 Å². The number of carbonyl (C=O) groups is 2. The van der Waals surface area contributed by atoms with Gasteiger partial charge in [0.25, 0.3) is 11.8 Å². The lowest BCUT2D eigenvalue weighted by atomic mass is 10.1. The number of hydrogen-bond donors (Lipinski definition) is 1. The molecule has 6 heteroatoms. The van der Waals surface area contributed by atoms with Crippen LogP contribution in [0.15, 0.2) is 48.5 Å². The number of hydrogen-bond acceptors (Lipinski definition) is 4. The second kappa shape index (κ2) is 8.60. The number of carbonyl (C=O) groups excluding carboxylic acids is 2. The van der Waals surface area contributed by atoms with Crippen molar-refractivity contribution in [3.05, 3.63) is 70.8 Å². The van der Waals surface area contributed by atoms with E-state index in [9.17, 15) is 14.8 Å². The van der Waals surface area contributed by atoms with Gasteiger partial charge in [-0.1, -0.05) is 24.3 Å². The summed E-state index contributed by atoms with van der Waals surface area (Å²) in [7, 11) is 6.85. The van der Waals surface area contributed by atoms with Gasteiger partial charge in [0, 0.05) is 52.4 Å². The monoisotopic (exact) mass is 355 g/mol. The first-order valence-corrected chi connectivity index (χ1v) is 8.33. The van der Waals surface area contributed by atoms with E-state index < -0.39 is 0 Å². The van der Waals surface area contributed by atoms with E-state index in [0.29, 0.717) is 24.2 Å². The van der Waals surface area contributed by atoms with Crippen LogP contribution < -0.4 is 0 Å². The molecule has 2 aromatic rings. The van der Waals surface area contributed by atoms with Gasteiger partial charge in [0.15, 0.2) is 0 Å². The minimum atomic E-state index is -0.0511. The minimum absolute atomic E-state index is 0.0511. The maximum Gasteiger partial charge on any atom is 0.253 e. The number of benzene rings is 2. The molecule has 0 aromatic heterocycles. The van der Waals surface area contributed by atoms with Gasteiger partial charge in [0.2, 0.25) is 0 Å². The van der Waals surface area contributed by atoms with Crippen LogP contribution in [0.3, 0.4) is 0 Å². The number of hydroxylamine groups is 2. The Labute approximate surface area is 154 Å². The summed E-state index contributed by atoms with van der Waals surface area (Å²) < 4.78 is 0. The van der Waals surface area contributed by atoms with Crippen LogP contribution in [0.1, 0.15) is 31.8 Å². The molecule has 1 N–H and O–H groups in total. The Hall–Kier alpha value is -2.70. The normalized spacial score (nSPS) is 10.7. The highest BCUT2D eigenvalue weighted by Crippen LogP contribution is 2.12. The number of nitrogens with zero attached hydrogens (tertiary/aromatic N) is 3.